The maximum atomic E-state index is 12.5. The number of likely N-dealkylation sites (N-methyl/N-ethyl adjacent to an activating group) is 1. The second-order valence-corrected chi connectivity index (χ2v) is 5.09. The van der Waals surface area contributed by atoms with Gasteiger partial charge >= 0.3 is 0 Å². The van der Waals surface area contributed by atoms with Crippen LogP contribution in [0, 0.1) is 13.8 Å². The predicted octanol–water partition coefficient (Wildman–Crippen LogP) is 1.98. The third-order valence-corrected chi connectivity index (χ3v) is 4.02. The monoisotopic (exact) mass is 285 g/mol. The molecular weight excluding hydrogens is 262 g/mol. The van der Waals surface area contributed by atoms with Crippen LogP contribution in [0.25, 0.3) is 0 Å². The number of carbonyl (C=O) groups excluding carboxylic acids is 1. The predicted molar refractivity (Wildman–Crippen MR) is 80.2 cm³/mol. The molecule has 1 fully saturated rings. The van der Waals surface area contributed by atoms with Gasteiger partial charge in [-0.2, -0.15) is 0 Å². The molecule has 2 heterocycles. The maximum Gasteiger partial charge on any atom is 0.255 e. The van der Waals surface area contributed by atoms with Gasteiger partial charge in [-0.25, -0.2) is 0 Å². The molecular formula is C14H24ClN3O. The van der Waals surface area contributed by atoms with Crippen LogP contribution < -0.4 is 5.32 Å². The Hall–Kier alpha value is -1.00. The minimum absolute atomic E-state index is 0. The van der Waals surface area contributed by atoms with Gasteiger partial charge in [0.25, 0.3) is 5.91 Å². The lowest BCUT2D eigenvalue weighted by Crippen LogP contribution is -2.38. The van der Waals surface area contributed by atoms with Crippen molar-refractivity contribution in [2.45, 2.75) is 39.8 Å². The Labute approximate surface area is 121 Å². The van der Waals surface area contributed by atoms with Crippen molar-refractivity contribution in [3.63, 3.8) is 0 Å². The second-order valence-electron chi connectivity index (χ2n) is 5.09. The molecule has 1 amide bonds. The van der Waals surface area contributed by atoms with Crippen molar-refractivity contribution >= 4 is 18.3 Å². The van der Waals surface area contributed by atoms with Gasteiger partial charge in [0.2, 0.25) is 0 Å². The Bertz CT molecular complexity index is 450. The van der Waals surface area contributed by atoms with Crippen LogP contribution in [0.1, 0.15) is 35.1 Å². The summed E-state index contributed by atoms with van der Waals surface area (Å²) in [4.78, 5) is 14.4. The summed E-state index contributed by atoms with van der Waals surface area (Å²) in [6.07, 6.45) is 1.05. The number of rotatable bonds is 3. The molecule has 4 nitrogen and oxygen atoms in total. The van der Waals surface area contributed by atoms with Gasteiger partial charge in [0.15, 0.2) is 0 Å². The molecule has 1 aliphatic rings. The van der Waals surface area contributed by atoms with Crippen molar-refractivity contribution in [2.75, 3.05) is 20.1 Å². The molecule has 0 radical (unpaired) electrons. The molecule has 0 spiro atoms. The maximum absolute atomic E-state index is 12.5. The van der Waals surface area contributed by atoms with Crippen LogP contribution in [0.15, 0.2) is 6.07 Å². The number of nitrogens with one attached hydrogen (secondary N) is 1. The smallest absolute Gasteiger partial charge is 0.255 e. The largest absolute Gasteiger partial charge is 0.349 e. The van der Waals surface area contributed by atoms with Gasteiger partial charge in [0.05, 0.1) is 5.56 Å². The van der Waals surface area contributed by atoms with Crippen LogP contribution in [0.5, 0.6) is 0 Å². The third kappa shape index (κ3) is 2.95. The van der Waals surface area contributed by atoms with Crippen molar-refractivity contribution in [1.29, 1.82) is 0 Å². The summed E-state index contributed by atoms with van der Waals surface area (Å²) in [5.74, 6) is 0.150. The lowest BCUT2D eigenvalue weighted by Gasteiger charge is -2.23. The summed E-state index contributed by atoms with van der Waals surface area (Å²) in [7, 11) is 1.91. The lowest BCUT2D eigenvalue weighted by atomic mass is 10.1. The van der Waals surface area contributed by atoms with E-state index >= 15 is 0 Å². The zero-order valence-electron chi connectivity index (χ0n) is 12.2. The van der Waals surface area contributed by atoms with Crippen LogP contribution in [0.4, 0.5) is 0 Å². The molecule has 5 heteroatoms. The average molecular weight is 286 g/mol. The molecule has 1 unspecified atom stereocenters. The molecule has 1 atom stereocenters. The third-order valence-electron chi connectivity index (χ3n) is 4.02. The van der Waals surface area contributed by atoms with Gasteiger partial charge in [-0.3, -0.25) is 4.79 Å². The first-order valence-corrected chi connectivity index (χ1v) is 6.70. The van der Waals surface area contributed by atoms with E-state index in [0.717, 1.165) is 43.0 Å². The van der Waals surface area contributed by atoms with E-state index in [4.69, 9.17) is 0 Å². The topological polar surface area (TPSA) is 37.3 Å². The number of nitrogens with zero attached hydrogens (tertiary/aromatic N) is 2. The molecule has 1 aromatic rings. The average Bonchev–Trinajstić information content (AvgIpc) is 2.96. The molecule has 0 saturated carbocycles. The molecule has 0 aromatic carbocycles. The number of hydrogen-bond acceptors (Lipinski definition) is 2. The van der Waals surface area contributed by atoms with Crippen molar-refractivity contribution in [2.24, 2.45) is 0 Å². The van der Waals surface area contributed by atoms with Crippen molar-refractivity contribution in [3.8, 4) is 0 Å². The van der Waals surface area contributed by atoms with E-state index in [1.807, 2.05) is 24.9 Å². The van der Waals surface area contributed by atoms with Gasteiger partial charge in [-0.15, -0.1) is 12.4 Å². The zero-order chi connectivity index (χ0) is 13.3. The molecule has 1 N–H and O–H groups in total. The van der Waals surface area contributed by atoms with E-state index in [1.165, 1.54) is 0 Å². The van der Waals surface area contributed by atoms with E-state index in [1.54, 1.807) is 0 Å². The number of aryl methyl sites for hydroxylation is 1. The zero-order valence-corrected chi connectivity index (χ0v) is 13.0. The van der Waals surface area contributed by atoms with E-state index in [9.17, 15) is 4.79 Å². The molecule has 108 valence electrons. The Morgan fingerprint density at radius 1 is 1.53 bits per heavy atom. The van der Waals surface area contributed by atoms with Gasteiger partial charge in [-0.05, 0) is 39.8 Å². The number of aromatic nitrogens is 1. The summed E-state index contributed by atoms with van der Waals surface area (Å²) < 4.78 is 2.19. The highest BCUT2D eigenvalue weighted by Gasteiger charge is 2.26. The van der Waals surface area contributed by atoms with Crippen LogP contribution in [-0.4, -0.2) is 41.6 Å². The highest BCUT2D eigenvalue weighted by atomic mass is 35.5. The standard InChI is InChI=1S/C14H23N3O.ClH/c1-5-17-10(2)8-13(11(17)3)14(18)16(4)12-6-7-15-9-12;/h8,12,15H,5-7,9H2,1-4H3;1H. The number of amides is 1. The van der Waals surface area contributed by atoms with Gasteiger partial charge in [0, 0.05) is 37.6 Å². The minimum Gasteiger partial charge on any atom is -0.349 e. The summed E-state index contributed by atoms with van der Waals surface area (Å²) >= 11 is 0. The van der Waals surface area contributed by atoms with E-state index in [0.29, 0.717) is 6.04 Å². The first kappa shape index (κ1) is 16.1. The summed E-state index contributed by atoms with van der Waals surface area (Å²) in [5, 5.41) is 3.30. The number of halogens is 1. The molecule has 0 bridgehead atoms. The summed E-state index contributed by atoms with van der Waals surface area (Å²) in [6, 6.07) is 2.35. The van der Waals surface area contributed by atoms with Crippen LogP contribution in [0.3, 0.4) is 0 Å². The van der Waals surface area contributed by atoms with Gasteiger partial charge in [0.1, 0.15) is 0 Å². The SMILES string of the molecule is CCn1c(C)cc(C(=O)N(C)C2CCNC2)c1C.Cl. The van der Waals surface area contributed by atoms with Gasteiger partial charge < -0.3 is 14.8 Å². The fraction of sp³-hybridized carbons (Fsp3) is 0.643. The molecule has 19 heavy (non-hydrogen) atoms. The molecule has 0 aliphatic carbocycles. The Kier molecular flexibility index (Phi) is 5.44. The van der Waals surface area contributed by atoms with Crippen LogP contribution in [0.2, 0.25) is 0 Å². The lowest BCUT2D eigenvalue weighted by molar-refractivity contribution is 0.0743. The summed E-state index contributed by atoms with van der Waals surface area (Å²) in [5.41, 5.74) is 3.10. The Morgan fingerprint density at radius 3 is 2.68 bits per heavy atom. The van der Waals surface area contributed by atoms with Crippen molar-refractivity contribution in [1.82, 2.24) is 14.8 Å². The molecule has 1 saturated heterocycles. The number of carbonyl (C=O) groups is 1. The first-order chi connectivity index (χ1) is 8.56. The van der Waals surface area contributed by atoms with Crippen LogP contribution >= 0.6 is 12.4 Å². The summed E-state index contributed by atoms with van der Waals surface area (Å²) in [6.45, 7) is 9.04. The Balaban J connectivity index is 0.00000180. The fourth-order valence-electron chi connectivity index (χ4n) is 2.83. The molecule has 2 rings (SSSR count). The van der Waals surface area contributed by atoms with Crippen molar-refractivity contribution in [3.05, 3.63) is 23.0 Å². The second kappa shape index (κ2) is 6.44. The van der Waals surface area contributed by atoms with Crippen LogP contribution in [-0.2, 0) is 6.54 Å². The first-order valence-electron chi connectivity index (χ1n) is 6.70. The highest BCUT2D eigenvalue weighted by Crippen LogP contribution is 2.18. The number of hydrogen-bond donors (Lipinski definition) is 1. The quantitative estimate of drug-likeness (QED) is 0.922. The molecule has 1 aromatic heterocycles. The van der Waals surface area contributed by atoms with E-state index < -0.39 is 0 Å². The fourth-order valence-corrected chi connectivity index (χ4v) is 2.83. The Morgan fingerprint density at radius 2 is 2.21 bits per heavy atom. The molecule has 1 aliphatic heterocycles. The normalized spacial score (nSPS) is 18.2. The van der Waals surface area contributed by atoms with Gasteiger partial charge in [-0.1, -0.05) is 0 Å². The highest BCUT2D eigenvalue weighted by molar-refractivity contribution is 5.95. The minimum atomic E-state index is 0. The van der Waals surface area contributed by atoms with Crippen molar-refractivity contribution < 1.29 is 4.79 Å². The van der Waals surface area contributed by atoms with E-state index in [-0.39, 0.29) is 18.3 Å². The van der Waals surface area contributed by atoms with E-state index in [2.05, 4.69) is 23.7 Å².